The van der Waals surface area contributed by atoms with Crippen LogP contribution in [0.4, 0.5) is 0 Å². The predicted octanol–water partition coefficient (Wildman–Crippen LogP) is 2.06. The molecule has 3 nitrogen and oxygen atoms in total. The van der Waals surface area contributed by atoms with Crippen LogP contribution in [0.1, 0.15) is 11.4 Å². The second-order valence-electron chi connectivity index (χ2n) is 3.22. The van der Waals surface area contributed by atoms with E-state index in [9.17, 15) is 0 Å². The summed E-state index contributed by atoms with van der Waals surface area (Å²) < 4.78 is 2.04. The number of nitrogens with two attached hydrogens (primary N) is 1. The number of imidazole rings is 1. The molecule has 0 radical (unpaired) electrons. The molecule has 0 unspecified atom stereocenters. The van der Waals surface area contributed by atoms with Gasteiger partial charge in [0.2, 0.25) is 0 Å². The van der Waals surface area contributed by atoms with E-state index in [-0.39, 0.29) is 12.4 Å². The zero-order valence-electron chi connectivity index (χ0n) is 8.55. The number of aryl methyl sites for hydroxylation is 1. The van der Waals surface area contributed by atoms with Crippen molar-refractivity contribution >= 4 is 12.4 Å². The molecule has 0 spiro atoms. The Kier molecular flexibility index (Phi) is 3.88. The maximum atomic E-state index is 5.53. The minimum Gasteiger partial charge on any atom is -0.326 e. The van der Waals surface area contributed by atoms with Gasteiger partial charge >= 0.3 is 0 Å². The average molecular weight is 224 g/mol. The highest BCUT2D eigenvalue weighted by Gasteiger charge is 1.99. The molecule has 15 heavy (non-hydrogen) atoms. The van der Waals surface area contributed by atoms with Crippen LogP contribution in [-0.4, -0.2) is 9.55 Å². The van der Waals surface area contributed by atoms with Crippen LogP contribution in [0, 0.1) is 6.92 Å². The monoisotopic (exact) mass is 223 g/mol. The molecule has 0 atom stereocenters. The largest absolute Gasteiger partial charge is 0.326 e. The van der Waals surface area contributed by atoms with Gasteiger partial charge in [-0.2, -0.15) is 0 Å². The Balaban J connectivity index is 0.00000112. The maximum absolute atomic E-state index is 5.53. The van der Waals surface area contributed by atoms with Gasteiger partial charge in [-0.25, -0.2) is 4.98 Å². The van der Waals surface area contributed by atoms with E-state index in [0.717, 1.165) is 17.1 Å². The third-order valence-electron chi connectivity index (χ3n) is 2.28. The molecule has 0 amide bonds. The van der Waals surface area contributed by atoms with Crippen LogP contribution in [0.3, 0.4) is 0 Å². The van der Waals surface area contributed by atoms with Crippen LogP contribution in [0.25, 0.3) is 5.69 Å². The molecule has 0 aliphatic carbocycles. The van der Waals surface area contributed by atoms with Crippen LogP contribution in [-0.2, 0) is 6.54 Å². The first kappa shape index (κ1) is 11.8. The molecule has 0 aliphatic rings. The van der Waals surface area contributed by atoms with Gasteiger partial charge in [-0.1, -0.05) is 12.1 Å². The van der Waals surface area contributed by atoms with Crippen molar-refractivity contribution in [2.45, 2.75) is 13.5 Å². The Labute approximate surface area is 95.4 Å². The minimum atomic E-state index is 0. The van der Waals surface area contributed by atoms with Crippen molar-refractivity contribution in [3.63, 3.8) is 0 Å². The fourth-order valence-electron chi connectivity index (χ4n) is 1.44. The van der Waals surface area contributed by atoms with Gasteiger partial charge in [0, 0.05) is 24.6 Å². The van der Waals surface area contributed by atoms with Crippen LogP contribution in [0.5, 0.6) is 0 Å². The zero-order chi connectivity index (χ0) is 9.97. The number of aromatic nitrogens is 2. The quantitative estimate of drug-likeness (QED) is 0.847. The normalized spacial score (nSPS) is 9.73. The molecule has 4 heteroatoms. The van der Waals surface area contributed by atoms with Gasteiger partial charge in [-0.3, -0.25) is 0 Å². The summed E-state index contributed by atoms with van der Waals surface area (Å²) in [6.45, 7) is 2.57. The van der Waals surface area contributed by atoms with E-state index in [1.165, 1.54) is 0 Å². The first-order valence-corrected chi connectivity index (χ1v) is 4.60. The molecule has 1 heterocycles. The van der Waals surface area contributed by atoms with Gasteiger partial charge < -0.3 is 10.3 Å². The Morgan fingerprint density at radius 3 is 2.40 bits per heavy atom. The van der Waals surface area contributed by atoms with Crippen molar-refractivity contribution in [3.05, 3.63) is 48.0 Å². The Bertz CT molecular complexity index is 420. The van der Waals surface area contributed by atoms with Gasteiger partial charge in [0.1, 0.15) is 5.82 Å². The third kappa shape index (κ3) is 2.37. The third-order valence-corrected chi connectivity index (χ3v) is 2.28. The summed E-state index contributed by atoms with van der Waals surface area (Å²) in [4.78, 5) is 4.17. The second-order valence-corrected chi connectivity index (χ2v) is 3.22. The van der Waals surface area contributed by atoms with Gasteiger partial charge in [0.15, 0.2) is 0 Å². The summed E-state index contributed by atoms with van der Waals surface area (Å²) in [6, 6.07) is 8.18. The van der Waals surface area contributed by atoms with Crippen LogP contribution >= 0.6 is 12.4 Å². The summed E-state index contributed by atoms with van der Waals surface area (Å²) >= 11 is 0. The molecule has 0 saturated heterocycles. The smallest absolute Gasteiger partial charge is 0.110 e. The van der Waals surface area contributed by atoms with Gasteiger partial charge in [-0.05, 0) is 24.6 Å². The summed E-state index contributed by atoms with van der Waals surface area (Å²) in [5, 5.41) is 0. The highest BCUT2D eigenvalue weighted by Crippen LogP contribution is 2.11. The van der Waals surface area contributed by atoms with Crippen molar-refractivity contribution < 1.29 is 0 Å². The summed E-state index contributed by atoms with van der Waals surface area (Å²) in [5.74, 6) is 0.991. The zero-order valence-corrected chi connectivity index (χ0v) is 9.37. The van der Waals surface area contributed by atoms with Gasteiger partial charge in [0.25, 0.3) is 0 Å². The summed E-state index contributed by atoms with van der Waals surface area (Å²) in [6.07, 6.45) is 3.75. The van der Waals surface area contributed by atoms with Crippen molar-refractivity contribution in [2.24, 2.45) is 5.73 Å². The lowest BCUT2D eigenvalue weighted by Gasteiger charge is -2.05. The number of hydrogen-bond donors (Lipinski definition) is 1. The first-order valence-electron chi connectivity index (χ1n) is 4.60. The highest BCUT2D eigenvalue weighted by atomic mass is 35.5. The minimum absolute atomic E-state index is 0. The van der Waals surface area contributed by atoms with Crippen molar-refractivity contribution in [1.82, 2.24) is 9.55 Å². The van der Waals surface area contributed by atoms with E-state index >= 15 is 0 Å². The van der Waals surface area contributed by atoms with Crippen molar-refractivity contribution in [2.75, 3.05) is 0 Å². The van der Waals surface area contributed by atoms with E-state index in [4.69, 9.17) is 5.73 Å². The number of benzene rings is 1. The molecule has 1 aromatic carbocycles. The van der Waals surface area contributed by atoms with Crippen molar-refractivity contribution in [3.8, 4) is 5.69 Å². The molecule has 0 fully saturated rings. The highest BCUT2D eigenvalue weighted by molar-refractivity contribution is 5.85. The molecule has 0 bridgehead atoms. The Hall–Kier alpha value is -1.32. The van der Waals surface area contributed by atoms with E-state index in [0.29, 0.717) is 6.54 Å². The van der Waals surface area contributed by atoms with Gasteiger partial charge in [-0.15, -0.1) is 12.4 Å². The number of nitrogens with zero attached hydrogens (tertiary/aromatic N) is 2. The molecule has 1 aromatic heterocycles. The molecule has 2 rings (SSSR count). The standard InChI is InChI=1S/C11H13N3.ClH/c1-9-13-6-7-14(9)11-4-2-10(8-12)3-5-11;/h2-7H,8,12H2,1H3;1H. The van der Waals surface area contributed by atoms with E-state index in [1.54, 1.807) is 6.20 Å². The lowest BCUT2D eigenvalue weighted by Crippen LogP contribution is -1.98. The number of rotatable bonds is 2. The van der Waals surface area contributed by atoms with Crippen molar-refractivity contribution in [1.29, 1.82) is 0 Å². The average Bonchev–Trinajstić information content (AvgIpc) is 2.65. The topological polar surface area (TPSA) is 43.8 Å². The Morgan fingerprint density at radius 2 is 1.93 bits per heavy atom. The lowest BCUT2D eigenvalue weighted by molar-refractivity contribution is 0.970. The Morgan fingerprint density at radius 1 is 1.27 bits per heavy atom. The molecule has 2 N–H and O–H groups in total. The SMILES string of the molecule is Cc1nccn1-c1ccc(CN)cc1.Cl. The van der Waals surface area contributed by atoms with Gasteiger partial charge in [0.05, 0.1) is 0 Å². The summed E-state index contributed by atoms with van der Waals surface area (Å²) in [7, 11) is 0. The van der Waals surface area contributed by atoms with E-state index in [2.05, 4.69) is 17.1 Å². The first-order chi connectivity index (χ1) is 6.81. The maximum Gasteiger partial charge on any atom is 0.110 e. The molecular formula is C11H14ClN3. The van der Waals surface area contributed by atoms with Crippen LogP contribution < -0.4 is 5.73 Å². The predicted molar refractivity (Wildman–Crippen MR) is 63.4 cm³/mol. The molecule has 0 aliphatic heterocycles. The lowest BCUT2D eigenvalue weighted by atomic mass is 10.2. The molecule has 2 aromatic rings. The van der Waals surface area contributed by atoms with E-state index < -0.39 is 0 Å². The van der Waals surface area contributed by atoms with E-state index in [1.807, 2.05) is 29.8 Å². The molecular weight excluding hydrogens is 210 g/mol. The van der Waals surface area contributed by atoms with Crippen LogP contribution in [0.2, 0.25) is 0 Å². The fourth-order valence-corrected chi connectivity index (χ4v) is 1.44. The van der Waals surface area contributed by atoms with Crippen LogP contribution in [0.15, 0.2) is 36.7 Å². The molecule has 80 valence electrons. The second kappa shape index (κ2) is 4.96. The number of halogens is 1. The number of hydrogen-bond acceptors (Lipinski definition) is 2. The fraction of sp³-hybridized carbons (Fsp3) is 0.182. The molecule has 0 saturated carbocycles. The summed E-state index contributed by atoms with van der Waals surface area (Å²) in [5.41, 5.74) is 7.80.